The highest BCUT2D eigenvalue weighted by atomic mass is 16.4. The number of nitrogens with one attached hydrogen (secondary N) is 2. The second kappa shape index (κ2) is 6.31. The lowest BCUT2D eigenvalue weighted by Gasteiger charge is -2.16. The van der Waals surface area contributed by atoms with Crippen molar-refractivity contribution >= 4 is 12.0 Å². The highest BCUT2D eigenvalue weighted by Crippen LogP contribution is 2.33. The summed E-state index contributed by atoms with van der Waals surface area (Å²) < 4.78 is 0. The fraction of sp³-hybridized carbons (Fsp3) is 0.538. The predicted octanol–water partition coefficient (Wildman–Crippen LogP) is 0.838. The normalized spacial score (nSPS) is 15.4. The van der Waals surface area contributed by atoms with Crippen LogP contribution in [0, 0.1) is 12.8 Å². The number of urea groups is 1. The summed E-state index contributed by atoms with van der Waals surface area (Å²) in [5.41, 5.74) is 0.717. The van der Waals surface area contributed by atoms with E-state index < -0.39 is 5.97 Å². The smallest absolute Gasteiger partial charge is 0.315 e. The molecule has 1 aromatic rings. The van der Waals surface area contributed by atoms with Gasteiger partial charge >= 0.3 is 12.0 Å². The van der Waals surface area contributed by atoms with Crippen LogP contribution < -0.4 is 10.6 Å². The van der Waals surface area contributed by atoms with E-state index in [4.69, 9.17) is 5.11 Å². The van der Waals surface area contributed by atoms with Gasteiger partial charge in [0.25, 0.3) is 0 Å². The van der Waals surface area contributed by atoms with E-state index in [1.54, 1.807) is 19.2 Å². The molecule has 0 aromatic carbocycles. The molecule has 0 spiro atoms. The number of aromatic nitrogens is 2. The predicted molar refractivity (Wildman–Crippen MR) is 70.9 cm³/mol. The molecule has 20 heavy (non-hydrogen) atoms. The van der Waals surface area contributed by atoms with Gasteiger partial charge in [-0.15, -0.1) is 0 Å². The zero-order valence-electron chi connectivity index (χ0n) is 11.3. The van der Waals surface area contributed by atoms with E-state index in [0.29, 0.717) is 18.1 Å². The first kappa shape index (κ1) is 14.2. The molecule has 1 atom stereocenters. The van der Waals surface area contributed by atoms with Crippen molar-refractivity contribution in [1.29, 1.82) is 0 Å². The molecule has 2 rings (SSSR count). The number of rotatable bonds is 6. The number of aryl methyl sites for hydroxylation is 1. The van der Waals surface area contributed by atoms with Crippen molar-refractivity contribution in [3.05, 3.63) is 23.8 Å². The number of carbonyl (C=O) groups excluding carboxylic acids is 1. The van der Waals surface area contributed by atoms with Crippen molar-refractivity contribution in [1.82, 2.24) is 20.6 Å². The van der Waals surface area contributed by atoms with E-state index in [0.717, 1.165) is 12.8 Å². The van der Waals surface area contributed by atoms with Crippen LogP contribution in [0.1, 0.15) is 30.8 Å². The van der Waals surface area contributed by atoms with Gasteiger partial charge in [-0.25, -0.2) is 14.8 Å². The molecule has 1 aliphatic carbocycles. The number of aliphatic carboxylic acids is 1. The quantitative estimate of drug-likeness (QED) is 0.715. The highest BCUT2D eigenvalue weighted by Gasteiger charge is 2.33. The van der Waals surface area contributed by atoms with Gasteiger partial charge in [0.1, 0.15) is 5.82 Å². The minimum absolute atomic E-state index is 0.0370. The Hall–Kier alpha value is -2.18. The van der Waals surface area contributed by atoms with E-state index in [1.165, 1.54) is 0 Å². The van der Waals surface area contributed by atoms with Crippen LogP contribution in [-0.4, -0.2) is 33.1 Å². The van der Waals surface area contributed by atoms with Crippen molar-refractivity contribution < 1.29 is 14.7 Å². The van der Waals surface area contributed by atoms with Crippen molar-refractivity contribution in [2.24, 2.45) is 5.92 Å². The van der Waals surface area contributed by atoms with Gasteiger partial charge < -0.3 is 15.7 Å². The molecule has 1 aromatic heterocycles. The Labute approximate surface area is 116 Å². The van der Waals surface area contributed by atoms with Crippen LogP contribution in [0.15, 0.2) is 12.3 Å². The third-order valence-electron chi connectivity index (χ3n) is 3.17. The summed E-state index contributed by atoms with van der Waals surface area (Å²) in [4.78, 5) is 30.7. The molecule has 0 saturated heterocycles. The van der Waals surface area contributed by atoms with E-state index in [-0.39, 0.29) is 24.4 Å². The summed E-state index contributed by atoms with van der Waals surface area (Å²) in [6, 6.07) is 1.07. The van der Waals surface area contributed by atoms with Crippen LogP contribution in [0.5, 0.6) is 0 Å². The first-order valence-electron chi connectivity index (χ1n) is 6.59. The van der Waals surface area contributed by atoms with E-state index >= 15 is 0 Å². The van der Waals surface area contributed by atoms with Gasteiger partial charge in [-0.1, -0.05) is 0 Å². The maximum absolute atomic E-state index is 11.8. The van der Waals surface area contributed by atoms with Gasteiger partial charge in [0.05, 0.1) is 18.7 Å². The summed E-state index contributed by atoms with van der Waals surface area (Å²) in [6.07, 6.45) is 3.55. The summed E-state index contributed by atoms with van der Waals surface area (Å²) in [6.45, 7) is 2.07. The Morgan fingerprint density at radius 1 is 1.50 bits per heavy atom. The minimum atomic E-state index is -0.895. The summed E-state index contributed by atoms with van der Waals surface area (Å²) >= 11 is 0. The topological polar surface area (TPSA) is 104 Å². The summed E-state index contributed by atoms with van der Waals surface area (Å²) in [5.74, 6) is 0.0400. The standard InChI is InChI=1S/C13H18N4O3/c1-8-14-5-4-10(16-8)7-15-13(20)17-11(6-12(18)19)9-2-3-9/h4-5,9,11H,2-3,6-7H2,1H3,(H,18,19)(H2,15,17,20). The number of carbonyl (C=O) groups is 2. The highest BCUT2D eigenvalue weighted by molar-refractivity contribution is 5.75. The monoisotopic (exact) mass is 278 g/mol. The number of carboxylic acids is 1. The first-order chi connectivity index (χ1) is 9.54. The third-order valence-corrected chi connectivity index (χ3v) is 3.17. The van der Waals surface area contributed by atoms with Crippen molar-refractivity contribution in [3.63, 3.8) is 0 Å². The molecule has 3 N–H and O–H groups in total. The van der Waals surface area contributed by atoms with Crippen LogP contribution in [0.2, 0.25) is 0 Å². The van der Waals surface area contributed by atoms with Gasteiger partial charge in [-0.3, -0.25) is 4.79 Å². The molecule has 7 heteroatoms. The molecule has 108 valence electrons. The molecule has 1 saturated carbocycles. The van der Waals surface area contributed by atoms with E-state index in [2.05, 4.69) is 20.6 Å². The molecular formula is C13H18N4O3. The Morgan fingerprint density at radius 3 is 2.85 bits per heavy atom. The van der Waals surface area contributed by atoms with E-state index in [1.807, 2.05) is 0 Å². The van der Waals surface area contributed by atoms with Crippen molar-refractivity contribution in [2.45, 2.75) is 38.8 Å². The largest absolute Gasteiger partial charge is 0.481 e. The molecule has 0 bridgehead atoms. The zero-order chi connectivity index (χ0) is 14.5. The fourth-order valence-electron chi connectivity index (χ4n) is 2.02. The molecule has 1 aliphatic rings. The zero-order valence-corrected chi connectivity index (χ0v) is 11.3. The SMILES string of the molecule is Cc1nccc(CNC(=O)NC(CC(=O)O)C2CC2)n1. The maximum atomic E-state index is 11.8. The Kier molecular flexibility index (Phi) is 4.49. The Balaban J connectivity index is 1.80. The average molecular weight is 278 g/mol. The van der Waals surface area contributed by atoms with Gasteiger partial charge in [0, 0.05) is 12.2 Å². The summed E-state index contributed by atoms with van der Waals surface area (Å²) in [7, 11) is 0. The number of amides is 2. The first-order valence-corrected chi connectivity index (χ1v) is 6.59. The van der Waals surface area contributed by atoms with Crippen molar-refractivity contribution in [2.75, 3.05) is 0 Å². The molecule has 0 radical (unpaired) electrons. The van der Waals surface area contributed by atoms with Gasteiger partial charge in [0.15, 0.2) is 0 Å². The molecule has 1 fully saturated rings. The number of nitrogens with zero attached hydrogens (tertiary/aromatic N) is 2. The Morgan fingerprint density at radius 2 is 2.25 bits per heavy atom. The van der Waals surface area contributed by atoms with Crippen molar-refractivity contribution in [3.8, 4) is 0 Å². The minimum Gasteiger partial charge on any atom is -0.481 e. The number of hydrogen-bond donors (Lipinski definition) is 3. The lowest BCUT2D eigenvalue weighted by molar-refractivity contribution is -0.137. The molecular weight excluding hydrogens is 260 g/mol. The molecule has 2 amide bonds. The number of hydrogen-bond acceptors (Lipinski definition) is 4. The van der Waals surface area contributed by atoms with Crippen LogP contribution in [0.4, 0.5) is 4.79 Å². The Bertz CT molecular complexity index is 502. The lowest BCUT2D eigenvalue weighted by Crippen LogP contribution is -2.44. The average Bonchev–Trinajstić information content (AvgIpc) is 3.19. The van der Waals surface area contributed by atoms with Gasteiger partial charge in [-0.2, -0.15) is 0 Å². The second-order valence-corrected chi connectivity index (χ2v) is 4.96. The molecule has 1 unspecified atom stereocenters. The van der Waals surface area contributed by atoms with Crippen LogP contribution in [0.25, 0.3) is 0 Å². The molecule has 1 heterocycles. The molecule has 0 aliphatic heterocycles. The van der Waals surface area contributed by atoms with Crippen LogP contribution in [0.3, 0.4) is 0 Å². The van der Waals surface area contributed by atoms with Gasteiger partial charge in [0.2, 0.25) is 0 Å². The third kappa shape index (κ3) is 4.49. The maximum Gasteiger partial charge on any atom is 0.315 e. The van der Waals surface area contributed by atoms with E-state index in [9.17, 15) is 9.59 Å². The lowest BCUT2D eigenvalue weighted by atomic mass is 10.1. The van der Waals surface area contributed by atoms with Crippen LogP contribution in [-0.2, 0) is 11.3 Å². The van der Waals surface area contributed by atoms with Crippen LogP contribution >= 0.6 is 0 Å². The number of carboxylic acid groups (broad SMARTS) is 1. The molecule has 7 nitrogen and oxygen atoms in total. The second-order valence-electron chi connectivity index (χ2n) is 4.96. The fourth-order valence-corrected chi connectivity index (χ4v) is 2.02. The van der Waals surface area contributed by atoms with Gasteiger partial charge in [-0.05, 0) is 31.7 Å². The summed E-state index contributed by atoms with van der Waals surface area (Å²) in [5, 5.41) is 14.2.